The number of sulfone groups is 1. The van der Waals surface area contributed by atoms with E-state index >= 15 is 0 Å². The minimum absolute atomic E-state index is 0.00757. The van der Waals surface area contributed by atoms with Gasteiger partial charge in [0.05, 0.1) is 11.8 Å². The minimum atomic E-state index is -3.10. The van der Waals surface area contributed by atoms with Gasteiger partial charge in [-0.15, -0.1) is 0 Å². The highest BCUT2D eigenvalue weighted by molar-refractivity contribution is 7.91. The lowest BCUT2D eigenvalue weighted by Crippen LogP contribution is -2.44. The zero-order valence-electron chi connectivity index (χ0n) is 12.5. The highest BCUT2D eigenvalue weighted by Crippen LogP contribution is 2.24. The molecule has 1 heterocycles. The van der Waals surface area contributed by atoms with E-state index in [1.807, 2.05) is 38.1 Å². The molecule has 0 aliphatic carbocycles. The van der Waals surface area contributed by atoms with Crippen LogP contribution in [0.1, 0.15) is 25.8 Å². The van der Waals surface area contributed by atoms with Crippen LogP contribution < -0.4 is 10.2 Å². The molecule has 1 aliphatic heterocycles. The molecule has 0 fully saturated rings. The maximum absolute atomic E-state index is 12.5. The summed E-state index contributed by atoms with van der Waals surface area (Å²) in [4.78, 5) is 14.1. The maximum Gasteiger partial charge on any atom is 0.243 e. The Morgan fingerprint density at radius 2 is 2.00 bits per heavy atom. The molecular formula is C15H22N2O3S. The fraction of sp³-hybridized carbons (Fsp3) is 0.533. The number of carbonyl (C=O) groups is 1. The van der Waals surface area contributed by atoms with Crippen LogP contribution >= 0.6 is 0 Å². The second kappa shape index (κ2) is 6.58. The Bertz CT molecular complexity index is 613. The summed E-state index contributed by atoms with van der Waals surface area (Å²) < 4.78 is 23.8. The minimum Gasteiger partial charge on any atom is -0.310 e. The van der Waals surface area contributed by atoms with Gasteiger partial charge >= 0.3 is 0 Å². The van der Waals surface area contributed by atoms with Gasteiger partial charge in [0.1, 0.15) is 0 Å². The molecule has 1 aliphatic rings. The lowest BCUT2D eigenvalue weighted by molar-refractivity contribution is -0.120. The first-order valence-electron chi connectivity index (χ1n) is 7.27. The molecule has 0 spiro atoms. The Labute approximate surface area is 126 Å². The average molecular weight is 310 g/mol. The van der Waals surface area contributed by atoms with Crippen molar-refractivity contribution >= 4 is 21.4 Å². The highest BCUT2D eigenvalue weighted by Gasteiger charge is 2.27. The Morgan fingerprint density at radius 3 is 2.71 bits per heavy atom. The van der Waals surface area contributed by atoms with E-state index in [1.54, 1.807) is 4.90 Å². The van der Waals surface area contributed by atoms with Gasteiger partial charge in [0.25, 0.3) is 0 Å². The molecule has 0 aromatic heterocycles. The van der Waals surface area contributed by atoms with Crippen molar-refractivity contribution in [1.82, 2.24) is 5.32 Å². The van der Waals surface area contributed by atoms with Crippen LogP contribution in [0.3, 0.4) is 0 Å². The number of rotatable bonds is 5. The summed E-state index contributed by atoms with van der Waals surface area (Å²) in [5.41, 5.74) is 1.83. The van der Waals surface area contributed by atoms with Crippen molar-refractivity contribution in [3.8, 4) is 0 Å². The van der Waals surface area contributed by atoms with Gasteiger partial charge in [0.15, 0.2) is 9.84 Å². The van der Waals surface area contributed by atoms with Crippen molar-refractivity contribution in [2.24, 2.45) is 0 Å². The fourth-order valence-electron chi connectivity index (χ4n) is 2.50. The molecule has 6 heteroatoms. The Morgan fingerprint density at radius 1 is 1.29 bits per heavy atom. The van der Waals surface area contributed by atoms with Crippen molar-refractivity contribution in [3.63, 3.8) is 0 Å². The predicted molar refractivity (Wildman–Crippen MR) is 84.0 cm³/mol. The molecule has 0 saturated carbocycles. The molecule has 5 nitrogen and oxygen atoms in total. The smallest absolute Gasteiger partial charge is 0.243 e. The van der Waals surface area contributed by atoms with Crippen molar-refractivity contribution in [1.29, 1.82) is 0 Å². The van der Waals surface area contributed by atoms with Crippen LogP contribution in [-0.2, 0) is 21.2 Å². The molecule has 1 N–H and O–H groups in total. The van der Waals surface area contributed by atoms with Gasteiger partial charge < -0.3 is 10.2 Å². The monoisotopic (exact) mass is 310 g/mol. The summed E-state index contributed by atoms with van der Waals surface area (Å²) in [6.45, 7) is 4.48. The van der Waals surface area contributed by atoms with Gasteiger partial charge in [-0.1, -0.05) is 25.1 Å². The standard InChI is InChI=1S/C15H22N2O3S/c1-3-9-21(19,20)10-8-17-14-7-5-4-6-13(14)11-16-12(2)15(17)18/h4-7,12,16H,3,8-11H2,1-2H3. The van der Waals surface area contributed by atoms with Crippen molar-refractivity contribution in [3.05, 3.63) is 29.8 Å². The Balaban J connectivity index is 2.24. The second-order valence-corrected chi connectivity index (χ2v) is 7.68. The number of fused-ring (bicyclic) bond motifs is 1. The van der Waals surface area contributed by atoms with E-state index in [0.29, 0.717) is 13.0 Å². The number of anilines is 1. The van der Waals surface area contributed by atoms with E-state index in [9.17, 15) is 13.2 Å². The summed E-state index contributed by atoms with van der Waals surface area (Å²) in [6, 6.07) is 7.31. The number of amides is 1. The lowest BCUT2D eigenvalue weighted by atomic mass is 10.1. The molecule has 1 amide bonds. The normalized spacial score (nSPS) is 19.2. The molecule has 1 aromatic carbocycles. The van der Waals surface area contributed by atoms with Gasteiger partial charge in [-0.2, -0.15) is 0 Å². The molecule has 0 saturated heterocycles. The van der Waals surface area contributed by atoms with Crippen LogP contribution in [0.25, 0.3) is 0 Å². The van der Waals surface area contributed by atoms with Crippen LogP contribution in [0.4, 0.5) is 5.69 Å². The Hall–Kier alpha value is -1.40. The first-order valence-corrected chi connectivity index (χ1v) is 9.10. The summed E-state index contributed by atoms with van der Waals surface area (Å²) in [7, 11) is -3.10. The van der Waals surface area contributed by atoms with Crippen molar-refractivity contribution in [2.45, 2.75) is 32.9 Å². The fourth-order valence-corrected chi connectivity index (χ4v) is 3.79. The number of benzene rings is 1. The van der Waals surface area contributed by atoms with E-state index in [0.717, 1.165) is 11.3 Å². The molecule has 116 valence electrons. The number of para-hydroxylation sites is 1. The third kappa shape index (κ3) is 3.83. The molecule has 1 aromatic rings. The molecule has 1 atom stereocenters. The largest absolute Gasteiger partial charge is 0.310 e. The zero-order chi connectivity index (χ0) is 15.5. The van der Waals surface area contributed by atoms with E-state index in [1.165, 1.54) is 0 Å². The molecule has 1 unspecified atom stereocenters. The van der Waals surface area contributed by atoms with E-state index < -0.39 is 9.84 Å². The van der Waals surface area contributed by atoms with Crippen LogP contribution in [0.5, 0.6) is 0 Å². The molecular weight excluding hydrogens is 288 g/mol. The van der Waals surface area contributed by atoms with Crippen LogP contribution in [0.2, 0.25) is 0 Å². The van der Waals surface area contributed by atoms with Crippen molar-refractivity contribution in [2.75, 3.05) is 23.0 Å². The summed E-state index contributed by atoms with van der Waals surface area (Å²) >= 11 is 0. The topological polar surface area (TPSA) is 66.5 Å². The zero-order valence-corrected chi connectivity index (χ0v) is 13.3. The molecule has 0 radical (unpaired) electrons. The van der Waals surface area contributed by atoms with Gasteiger partial charge in [-0.25, -0.2) is 8.42 Å². The first-order chi connectivity index (χ1) is 9.94. The predicted octanol–water partition coefficient (Wildman–Crippen LogP) is 1.34. The summed E-state index contributed by atoms with van der Waals surface area (Å²) in [6.07, 6.45) is 0.602. The average Bonchev–Trinajstić information content (AvgIpc) is 2.56. The van der Waals surface area contributed by atoms with Gasteiger partial charge in [-0.05, 0) is 25.0 Å². The summed E-state index contributed by atoms with van der Waals surface area (Å²) in [5, 5.41) is 3.16. The maximum atomic E-state index is 12.5. The quantitative estimate of drug-likeness (QED) is 0.891. The van der Waals surface area contributed by atoms with Crippen molar-refractivity contribution < 1.29 is 13.2 Å². The lowest BCUT2D eigenvalue weighted by Gasteiger charge is -2.24. The van der Waals surface area contributed by atoms with Crippen LogP contribution in [0.15, 0.2) is 24.3 Å². The molecule has 2 rings (SSSR count). The third-order valence-corrected chi connectivity index (χ3v) is 5.49. The van der Waals surface area contributed by atoms with Gasteiger partial charge in [0, 0.05) is 24.5 Å². The van der Waals surface area contributed by atoms with Gasteiger partial charge in [0.2, 0.25) is 5.91 Å². The number of nitrogens with zero attached hydrogens (tertiary/aromatic N) is 1. The van der Waals surface area contributed by atoms with Crippen LogP contribution in [0, 0.1) is 0 Å². The van der Waals surface area contributed by atoms with E-state index in [-0.39, 0.29) is 30.0 Å². The van der Waals surface area contributed by atoms with Crippen LogP contribution in [-0.4, -0.2) is 38.4 Å². The highest BCUT2D eigenvalue weighted by atomic mass is 32.2. The third-order valence-electron chi connectivity index (χ3n) is 3.66. The van der Waals surface area contributed by atoms with E-state index in [4.69, 9.17) is 0 Å². The number of nitrogens with one attached hydrogen (secondary N) is 1. The number of hydrogen-bond donors (Lipinski definition) is 1. The number of carbonyl (C=O) groups excluding carboxylic acids is 1. The SMILES string of the molecule is CCCS(=O)(=O)CCN1C(=O)C(C)NCc2ccccc21. The molecule has 21 heavy (non-hydrogen) atoms. The first kappa shape index (κ1) is 16.0. The second-order valence-electron chi connectivity index (χ2n) is 5.37. The Kier molecular flexibility index (Phi) is 5.00. The number of hydrogen-bond acceptors (Lipinski definition) is 4. The van der Waals surface area contributed by atoms with Gasteiger partial charge in [-0.3, -0.25) is 4.79 Å². The summed E-state index contributed by atoms with van der Waals surface area (Å²) in [5.74, 6) is 0.102. The molecule has 0 bridgehead atoms. The van der Waals surface area contributed by atoms with E-state index in [2.05, 4.69) is 5.32 Å².